The van der Waals surface area contributed by atoms with Gasteiger partial charge in [0.15, 0.2) is 0 Å². The van der Waals surface area contributed by atoms with Gasteiger partial charge >= 0.3 is 12.1 Å². The lowest BCUT2D eigenvalue weighted by Crippen LogP contribution is -2.41. The van der Waals surface area contributed by atoms with Gasteiger partial charge in [-0.1, -0.05) is 42.0 Å². The molecule has 1 heterocycles. The normalized spacial score (nSPS) is 14.3. The fraction of sp³-hybridized carbons (Fsp3) is 0.382. The summed E-state index contributed by atoms with van der Waals surface area (Å²) in [6.45, 7) is 8.08. The van der Waals surface area contributed by atoms with E-state index in [0.717, 1.165) is 33.8 Å². The fourth-order valence-electron chi connectivity index (χ4n) is 5.24. The highest BCUT2D eigenvalue weighted by molar-refractivity contribution is 7.89. The number of hydrogen-bond donors (Lipinski definition) is 2. The van der Waals surface area contributed by atoms with E-state index in [1.165, 1.54) is 42.3 Å². The lowest BCUT2D eigenvalue weighted by molar-refractivity contribution is -0.118. The highest BCUT2D eigenvalue weighted by atomic mass is 32.2. The van der Waals surface area contributed by atoms with Gasteiger partial charge in [0.25, 0.3) is 0 Å². The summed E-state index contributed by atoms with van der Waals surface area (Å²) < 4.78 is 32.9. The lowest BCUT2D eigenvalue weighted by Gasteiger charge is -2.33. The van der Waals surface area contributed by atoms with Crippen molar-refractivity contribution in [2.75, 3.05) is 31.6 Å². The van der Waals surface area contributed by atoms with Gasteiger partial charge in [0.1, 0.15) is 16.9 Å². The molecule has 46 heavy (non-hydrogen) atoms. The molecule has 12 heteroatoms. The molecule has 1 aliphatic rings. The van der Waals surface area contributed by atoms with E-state index in [4.69, 9.17) is 4.74 Å². The van der Waals surface area contributed by atoms with E-state index < -0.39 is 39.8 Å². The first kappa shape index (κ1) is 34.5. The molecule has 246 valence electrons. The molecule has 1 aliphatic heterocycles. The van der Waals surface area contributed by atoms with Crippen molar-refractivity contribution in [3.8, 4) is 5.75 Å². The Hall–Kier alpha value is -4.42. The zero-order valence-corrected chi connectivity index (χ0v) is 27.6. The summed E-state index contributed by atoms with van der Waals surface area (Å²) in [6.07, 6.45) is 1.24. The van der Waals surface area contributed by atoms with Crippen LogP contribution in [0.2, 0.25) is 0 Å². The average Bonchev–Trinajstić information content (AvgIpc) is 2.99. The van der Waals surface area contributed by atoms with Crippen LogP contribution in [-0.4, -0.2) is 78.1 Å². The van der Waals surface area contributed by atoms with E-state index in [0.29, 0.717) is 13.1 Å². The standard InChI is InChI=1S/C34H41N3O8S/c1-23-6-13-28(14-7-23)46(43,44)35(5)22-31(39)37(27-12-15-29(32(40)41)30(38)20-27)21-24-8-10-25(11-9-24)26-16-18-36(19-17-26)33(42)45-34(2,3)4/h6-15,20,26,38H,16-19,21-22H2,1-5H3,(H,40,41). The van der Waals surface area contributed by atoms with Gasteiger partial charge in [0.2, 0.25) is 15.9 Å². The molecule has 0 radical (unpaired) electrons. The van der Waals surface area contributed by atoms with E-state index in [-0.39, 0.29) is 34.7 Å². The highest BCUT2D eigenvalue weighted by Gasteiger charge is 2.29. The third-order valence-corrected chi connectivity index (χ3v) is 9.67. The van der Waals surface area contributed by atoms with E-state index in [2.05, 4.69) is 0 Å². The van der Waals surface area contributed by atoms with Crippen molar-refractivity contribution in [3.05, 3.63) is 89.0 Å². The number of carboxylic acids is 1. The van der Waals surface area contributed by atoms with Crippen molar-refractivity contribution in [1.29, 1.82) is 0 Å². The zero-order chi connectivity index (χ0) is 33.8. The first-order valence-corrected chi connectivity index (χ1v) is 16.5. The van der Waals surface area contributed by atoms with Crippen LogP contribution in [0.1, 0.15) is 66.6 Å². The molecule has 1 saturated heterocycles. The summed E-state index contributed by atoms with van der Waals surface area (Å²) >= 11 is 0. The number of sulfonamides is 1. The van der Waals surface area contributed by atoms with Gasteiger partial charge in [-0.25, -0.2) is 18.0 Å². The summed E-state index contributed by atoms with van der Waals surface area (Å²) in [4.78, 5) is 40.7. The Balaban J connectivity index is 1.51. The van der Waals surface area contributed by atoms with E-state index in [1.54, 1.807) is 17.0 Å². The predicted octanol–water partition coefficient (Wildman–Crippen LogP) is 5.37. The van der Waals surface area contributed by atoms with E-state index in [9.17, 15) is 33.0 Å². The first-order chi connectivity index (χ1) is 21.5. The monoisotopic (exact) mass is 651 g/mol. The number of phenols is 1. The molecule has 0 saturated carbocycles. The van der Waals surface area contributed by atoms with Crippen LogP contribution >= 0.6 is 0 Å². The molecule has 2 amide bonds. The van der Waals surface area contributed by atoms with Gasteiger partial charge in [0.05, 0.1) is 18.0 Å². The second-order valence-electron chi connectivity index (χ2n) is 12.5. The minimum Gasteiger partial charge on any atom is -0.507 e. The van der Waals surface area contributed by atoms with E-state index in [1.807, 2.05) is 52.0 Å². The largest absolute Gasteiger partial charge is 0.507 e. The number of carboxylic acid groups (broad SMARTS) is 1. The van der Waals surface area contributed by atoms with Crippen LogP contribution in [0.5, 0.6) is 5.75 Å². The molecule has 3 aromatic carbocycles. The maximum Gasteiger partial charge on any atom is 0.410 e. The summed E-state index contributed by atoms with van der Waals surface area (Å²) in [5.74, 6) is -2.17. The third-order valence-electron chi connectivity index (χ3n) is 7.85. The van der Waals surface area contributed by atoms with Gasteiger partial charge in [0, 0.05) is 31.9 Å². The number of aromatic carboxylic acids is 1. The smallest absolute Gasteiger partial charge is 0.410 e. The van der Waals surface area contributed by atoms with Crippen LogP contribution in [0.3, 0.4) is 0 Å². The van der Waals surface area contributed by atoms with Crippen molar-refractivity contribution in [2.24, 2.45) is 0 Å². The SMILES string of the molecule is Cc1ccc(S(=O)(=O)N(C)CC(=O)N(Cc2ccc(C3CCN(C(=O)OC(C)(C)C)CC3)cc2)c2ccc(C(=O)O)c(O)c2)cc1. The first-order valence-electron chi connectivity index (χ1n) is 15.0. The van der Waals surface area contributed by atoms with Crippen molar-refractivity contribution < 1.29 is 37.8 Å². The molecule has 2 N–H and O–H groups in total. The molecule has 3 aromatic rings. The van der Waals surface area contributed by atoms with Gasteiger partial charge in [-0.15, -0.1) is 0 Å². The van der Waals surface area contributed by atoms with Crippen LogP contribution in [0, 0.1) is 6.92 Å². The number of nitrogens with zero attached hydrogens (tertiary/aromatic N) is 3. The maximum atomic E-state index is 13.7. The number of carbonyl (C=O) groups excluding carboxylic acids is 2. The van der Waals surface area contributed by atoms with Crippen molar-refractivity contribution in [2.45, 2.75) is 63.5 Å². The molecule has 0 unspecified atom stereocenters. The molecular weight excluding hydrogens is 610 g/mol. The van der Waals surface area contributed by atoms with Crippen molar-refractivity contribution in [1.82, 2.24) is 9.21 Å². The summed E-state index contributed by atoms with van der Waals surface area (Å²) in [5, 5.41) is 19.7. The second-order valence-corrected chi connectivity index (χ2v) is 14.6. The Bertz CT molecular complexity index is 1670. The van der Waals surface area contributed by atoms with Crippen molar-refractivity contribution in [3.63, 3.8) is 0 Å². The van der Waals surface area contributed by atoms with Crippen molar-refractivity contribution >= 4 is 33.7 Å². The van der Waals surface area contributed by atoms with Gasteiger partial charge in [-0.2, -0.15) is 4.31 Å². The average molecular weight is 652 g/mol. The molecule has 1 fully saturated rings. The molecule has 0 spiro atoms. The van der Waals surface area contributed by atoms with Crippen LogP contribution in [-0.2, 0) is 26.1 Å². The van der Waals surface area contributed by atoms with Gasteiger partial charge in [-0.05, 0) is 81.8 Å². The Labute approximate surface area is 270 Å². The summed E-state index contributed by atoms with van der Waals surface area (Å²) in [7, 11) is -2.66. The Kier molecular flexibility index (Phi) is 10.4. The zero-order valence-electron chi connectivity index (χ0n) is 26.8. The molecule has 4 rings (SSSR count). The molecule has 0 bridgehead atoms. The van der Waals surface area contributed by atoms with Crippen LogP contribution < -0.4 is 4.90 Å². The Morgan fingerprint density at radius 3 is 2.11 bits per heavy atom. The lowest BCUT2D eigenvalue weighted by atomic mass is 9.89. The number of piperidine rings is 1. The number of rotatable bonds is 9. The maximum absolute atomic E-state index is 13.7. The molecular formula is C34H41N3O8S. The number of aryl methyl sites for hydroxylation is 1. The van der Waals surface area contributed by atoms with Crippen LogP contribution in [0.4, 0.5) is 10.5 Å². The number of anilines is 1. The Morgan fingerprint density at radius 1 is 0.957 bits per heavy atom. The fourth-order valence-corrected chi connectivity index (χ4v) is 6.36. The van der Waals surface area contributed by atoms with Crippen LogP contribution in [0.15, 0.2) is 71.6 Å². The topological polar surface area (TPSA) is 145 Å². The minimum atomic E-state index is -3.98. The number of ether oxygens (including phenoxy) is 1. The van der Waals surface area contributed by atoms with Gasteiger partial charge < -0.3 is 24.7 Å². The third kappa shape index (κ3) is 8.43. The number of amides is 2. The molecule has 0 aliphatic carbocycles. The molecule has 0 atom stereocenters. The van der Waals surface area contributed by atoms with Gasteiger partial charge in [-0.3, -0.25) is 4.79 Å². The molecule has 0 aromatic heterocycles. The number of benzene rings is 3. The quantitative estimate of drug-likeness (QED) is 0.314. The number of hydrogen-bond acceptors (Lipinski definition) is 7. The highest BCUT2D eigenvalue weighted by Crippen LogP contribution is 2.31. The van der Waals surface area contributed by atoms with E-state index >= 15 is 0 Å². The predicted molar refractivity (Wildman–Crippen MR) is 173 cm³/mol. The Morgan fingerprint density at radius 2 is 1.57 bits per heavy atom. The number of aromatic hydroxyl groups is 1. The second kappa shape index (κ2) is 13.9. The molecule has 11 nitrogen and oxygen atoms in total. The number of likely N-dealkylation sites (tertiary alicyclic amines) is 1. The summed E-state index contributed by atoms with van der Waals surface area (Å²) in [6, 6.07) is 17.8. The summed E-state index contributed by atoms with van der Waals surface area (Å²) in [5.41, 5.74) is 2.07. The van der Waals surface area contributed by atoms with Crippen LogP contribution in [0.25, 0.3) is 0 Å². The number of likely N-dealkylation sites (N-methyl/N-ethyl adjacent to an activating group) is 1. The minimum absolute atomic E-state index is 0.0421. The number of carbonyl (C=O) groups is 3.